The van der Waals surface area contributed by atoms with Crippen LogP contribution in [0.25, 0.3) is 0 Å². The van der Waals surface area contributed by atoms with Crippen LogP contribution in [0.5, 0.6) is 0 Å². The van der Waals surface area contributed by atoms with Gasteiger partial charge in [0.2, 0.25) is 0 Å². The zero-order chi connectivity index (χ0) is 11.2. The van der Waals surface area contributed by atoms with Crippen LogP contribution in [0.4, 0.5) is 4.39 Å². The molecule has 1 aliphatic carbocycles. The lowest BCUT2D eigenvalue weighted by Gasteiger charge is -1.98. The number of benzene rings is 1. The predicted molar refractivity (Wildman–Crippen MR) is 49.2 cm³/mol. The maximum Gasteiger partial charge on any atom is 0.181 e. The minimum atomic E-state index is -1.26. The lowest BCUT2D eigenvalue weighted by atomic mass is 10.00. The highest BCUT2D eigenvalue weighted by molar-refractivity contribution is 6.35. The molecule has 1 atom stereocenters. The number of carbonyl (C=O) groups is 3. The second-order valence-corrected chi connectivity index (χ2v) is 3.46. The van der Waals surface area contributed by atoms with Gasteiger partial charge in [0.1, 0.15) is 17.5 Å². The Morgan fingerprint density at radius 2 is 1.80 bits per heavy atom. The van der Waals surface area contributed by atoms with Crippen molar-refractivity contribution in [2.45, 2.75) is 6.92 Å². The van der Waals surface area contributed by atoms with Crippen LogP contribution in [0.2, 0.25) is 0 Å². The van der Waals surface area contributed by atoms with E-state index in [1.807, 2.05) is 0 Å². The predicted octanol–water partition coefficient (Wildman–Crippen LogP) is 1.41. The van der Waals surface area contributed by atoms with Gasteiger partial charge in [-0.1, -0.05) is 0 Å². The average molecular weight is 206 g/mol. The quantitative estimate of drug-likeness (QED) is 0.653. The molecule has 3 nitrogen and oxygen atoms in total. The Hall–Kier alpha value is -1.84. The van der Waals surface area contributed by atoms with E-state index < -0.39 is 29.1 Å². The first-order chi connectivity index (χ1) is 7.02. The summed E-state index contributed by atoms with van der Waals surface area (Å²) in [5.41, 5.74) is 0.154. The lowest BCUT2D eigenvalue weighted by molar-refractivity contribution is -0.118. The number of Topliss-reactive ketones (excluding diaryl/α,β-unsaturated/α-hetero) is 3. The van der Waals surface area contributed by atoms with Gasteiger partial charge in [-0.15, -0.1) is 0 Å². The minimum Gasteiger partial charge on any atom is -0.299 e. The van der Waals surface area contributed by atoms with Gasteiger partial charge in [-0.05, 0) is 25.1 Å². The third kappa shape index (κ3) is 1.29. The fraction of sp³-hybridized carbons (Fsp3) is 0.182. The van der Waals surface area contributed by atoms with E-state index >= 15 is 0 Å². The van der Waals surface area contributed by atoms with E-state index in [9.17, 15) is 18.8 Å². The average Bonchev–Trinajstić information content (AvgIpc) is 2.39. The molecular weight excluding hydrogens is 199 g/mol. The summed E-state index contributed by atoms with van der Waals surface area (Å²) >= 11 is 0. The van der Waals surface area contributed by atoms with Gasteiger partial charge in [0, 0.05) is 11.1 Å². The highest BCUT2D eigenvalue weighted by atomic mass is 19.1. The van der Waals surface area contributed by atoms with Crippen molar-refractivity contribution in [1.82, 2.24) is 0 Å². The van der Waals surface area contributed by atoms with Crippen LogP contribution in [0.3, 0.4) is 0 Å². The van der Waals surface area contributed by atoms with Crippen molar-refractivity contribution in [2.24, 2.45) is 5.92 Å². The van der Waals surface area contributed by atoms with E-state index in [0.717, 1.165) is 12.1 Å². The fourth-order valence-electron chi connectivity index (χ4n) is 1.73. The second kappa shape index (κ2) is 3.08. The Bertz CT molecular complexity index is 491. The monoisotopic (exact) mass is 206 g/mol. The minimum absolute atomic E-state index is 0.0141. The standard InChI is InChI=1S/C11H7FO3/c1-5(13)9-10(14)7-3-2-6(12)4-8(7)11(9)15/h2-4,9H,1H3/t9-/m1/s1. The number of fused-ring (bicyclic) bond motifs is 1. The Morgan fingerprint density at radius 1 is 1.20 bits per heavy atom. The molecule has 1 aromatic carbocycles. The van der Waals surface area contributed by atoms with Gasteiger partial charge in [-0.2, -0.15) is 0 Å². The van der Waals surface area contributed by atoms with E-state index in [2.05, 4.69) is 0 Å². The van der Waals surface area contributed by atoms with Crippen molar-refractivity contribution in [2.75, 3.05) is 0 Å². The molecular formula is C11H7FO3. The summed E-state index contributed by atoms with van der Waals surface area (Å²) in [4.78, 5) is 34.3. The van der Waals surface area contributed by atoms with Crippen LogP contribution < -0.4 is 0 Å². The van der Waals surface area contributed by atoms with E-state index in [0.29, 0.717) is 0 Å². The topological polar surface area (TPSA) is 51.2 Å². The molecule has 0 unspecified atom stereocenters. The molecule has 4 heteroatoms. The maximum absolute atomic E-state index is 12.8. The number of hydrogen-bond donors (Lipinski definition) is 0. The molecule has 15 heavy (non-hydrogen) atoms. The van der Waals surface area contributed by atoms with Crippen LogP contribution in [0.15, 0.2) is 18.2 Å². The molecule has 0 saturated carbocycles. The normalized spacial score (nSPS) is 19.2. The van der Waals surface area contributed by atoms with E-state index in [1.54, 1.807) is 0 Å². The molecule has 0 amide bonds. The molecule has 0 spiro atoms. The third-order valence-corrected chi connectivity index (χ3v) is 2.44. The first-order valence-electron chi connectivity index (χ1n) is 4.41. The van der Waals surface area contributed by atoms with Gasteiger partial charge >= 0.3 is 0 Å². The van der Waals surface area contributed by atoms with Crippen molar-refractivity contribution in [1.29, 1.82) is 0 Å². The zero-order valence-electron chi connectivity index (χ0n) is 7.91. The van der Waals surface area contributed by atoms with E-state index in [4.69, 9.17) is 0 Å². The molecule has 0 aromatic heterocycles. The van der Waals surface area contributed by atoms with Gasteiger partial charge in [-0.3, -0.25) is 14.4 Å². The zero-order valence-corrected chi connectivity index (χ0v) is 7.91. The Labute approximate surface area is 84.9 Å². The van der Waals surface area contributed by atoms with Gasteiger partial charge in [0.05, 0.1) is 0 Å². The smallest absolute Gasteiger partial charge is 0.181 e. The van der Waals surface area contributed by atoms with Crippen LogP contribution in [-0.4, -0.2) is 17.3 Å². The largest absolute Gasteiger partial charge is 0.299 e. The van der Waals surface area contributed by atoms with Crippen molar-refractivity contribution >= 4 is 17.3 Å². The molecule has 0 radical (unpaired) electrons. The number of carbonyl (C=O) groups excluding carboxylic acids is 3. The molecule has 0 fully saturated rings. The van der Waals surface area contributed by atoms with Gasteiger partial charge < -0.3 is 0 Å². The highest BCUT2D eigenvalue weighted by Crippen LogP contribution is 2.27. The molecule has 0 heterocycles. The molecule has 0 aliphatic heterocycles. The van der Waals surface area contributed by atoms with Crippen LogP contribution >= 0.6 is 0 Å². The number of ketones is 3. The maximum atomic E-state index is 12.8. The molecule has 0 bridgehead atoms. The summed E-state index contributed by atoms with van der Waals surface area (Å²) in [6, 6.07) is 3.35. The number of rotatable bonds is 1. The number of halogens is 1. The summed E-state index contributed by atoms with van der Waals surface area (Å²) in [6.45, 7) is 1.18. The van der Waals surface area contributed by atoms with Gasteiger partial charge in [0.25, 0.3) is 0 Å². The molecule has 2 rings (SSSR count). The van der Waals surface area contributed by atoms with Crippen LogP contribution in [-0.2, 0) is 4.79 Å². The van der Waals surface area contributed by atoms with E-state index in [1.165, 1.54) is 13.0 Å². The molecule has 0 saturated heterocycles. The van der Waals surface area contributed by atoms with Gasteiger partial charge in [-0.25, -0.2) is 4.39 Å². The van der Waals surface area contributed by atoms with Gasteiger partial charge in [0.15, 0.2) is 11.6 Å². The fourth-order valence-corrected chi connectivity index (χ4v) is 1.73. The second-order valence-electron chi connectivity index (χ2n) is 3.46. The summed E-state index contributed by atoms with van der Waals surface area (Å²) in [5, 5.41) is 0. The Kier molecular flexibility index (Phi) is 2.00. The summed E-state index contributed by atoms with van der Waals surface area (Å²) in [5.74, 6) is -3.47. The summed E-state index contributed by atoms with van der Waals surface area (Å²) in [6.07, 6.45) is 0. The molecule has 1 aliphatic rings. The summed E-state index contributed by atoms with van der Waals surface area (Å²) in [7, 11) is 0. The third-order valence-electron chi connectivity index (χ3n) is 2.44. The first-order valence-corrected chi connectivity index (χ1v) is 4.41. The Morgan fingerprint density at radius 3 is 2.40 bits per heavy atom. The van der Waals surface area contributed by atoms with E-state index in [-0.39, 0.29) is 11.1 Å². The van der Waals surface area contributed by atoms with Crippen molar-refractivity contribution < 1.29 is 18.8 Å². The molecule has 76 valence electrons. The molecule has 1 aromatic rings. The summed E-state index contributed by atoms with van der Waals surface area (Å²) < 4.78 is 12.8. The van der Waals surface area contributed by atoms with Crippen LogP contribution in [0.1, 0.15) is 27.6 Å². The highest BCUT2D eigenvalue weighted by Gasteiger charge is 2.41. The molecule has 0 N–H and O–H groups in total. The van der Waals surface area contributed by atoms with Crippen molar-refractivity contribution in [3.63, 3.8) is 0 Å². The van der Waals surface area contributed by atoms with Crippen molar-refractivity contribution in [3.05, 3.63) is 35.1 Å². The SMILES string of the molecule is CC(=O)[C@@H]1C(=O)c2ccc(F)cc2C1=O. The first kappa shape index (κ1) is 9.71. The number of hydrogen-bond acceptors (Lipinski definition) is 3. The lowest BCUT2D eigenvalue weighted by Crippen LogP contribution is -2.22. The Balaban J connectivity index is 2.60. The van der Waals surface area contributed by atoms with Crippen molar-refractivity contribution in [3.8, 4) is 0 Å². The van der Waals surface area contributed by atoms with Crippen LogP contribution in [0, 0.1) is 11.7 Å².